The summed E-state index contributed by atoms with van der Waals surface area (Å²) >= 11 is 0. The zero-order valence-corrected chi connectivity index (χ0v) is 17.7. The van der Waals surface area contributed by atoms with E-state index in [1.54, 1.807) is 12.1 Å². The number of hydrogen-bond donors (Lipinski definition) is 2. The van der Waals surface area contributed by atoms with Crippen molar-refractivity contribution in [3.05, 3.63) is 54.1 Å². The molecule has 2 aliphatic heterocycles. The number of quaternary nitrogens is 1. The molecule has 0 radical (unpaired) electrons. The molecule has 0 aliphatic carbocycles. The molecule has 160 valence electrons. The fraction of sp³-hybridized carbons (Fsp3) is 0.381. The number of nitrogens with one attached hydrogen (secondary N) is 2. The number of likely N-dealkylation sites (N-methyl/N-ethyl adjacent to an activating group) is 1. The second-order valence-corrected chi connectivity index (χ2v) is 9.53. The molecular formula is C21H26N3O5S+. The highest BCUT2D eigenvalue weighted by atomic mass is 32.2. The predicted octanol–water partition coefficient (Wildman–Crippen LogP) is -0.225. The van der Waals surface area contributed by atoms with E-state index in [0.29, 0.717) is 36.8 Å². The molecule has 2 aliphatic rings. The molecular weight excluding hydrogens is 406 g/mol. The Kier molecular flexibility index (Phi) is 5.94. The fourth-order valence-electron chi connectivity index (χ4n) is 3.53. The Morgan fingerprint density at radius 2 is 1.87 bits per heavy atom. The molecule has 2 aromatic carbocycles. The minimum Gasteiger partial charge on any atom is -0.486 e. The van der Waals surface area contributed by atoms with Crippen molar-refractivity contribution >= 4 is 15.9 Å². The highest BCUT2D eigenvalue weighted by Gasteiger charge is 2.29. The zero-order chi connectivity index (χ0) is 21.1. The van der Waals surface area contributed by atoms with Gasteiger partial charge in [0.1, 0.15) is 12.7 Å². The van der Waals surface area contributed by atoms with Crippen molar-refractivity contribution in [2.24, 2.45) is 0 Å². The lowest BCUT2D eigenvalue weighted by Crippen LogP contribution is -3.12. The van der Waals surface area contributed by atoms with Crippen LogP contribution in [0.1, 0.15) is 10.4 Å². The molecule has 0 spiro atoms. The first-order valence-corrected chi connectivity index (χ1v) is 11.5. The van der Waals surface area contributed by atoms with E-state index < -0.39 is 10.0 Å². The van der Waals surface area contributed by atoms with E-state index in [-0.39, 0.29) is 23.5 Å². The second-order valence-electron chi connectivity index (χ2n) is 7.60. The summed E-state index contributed by atoms with van der Waals surface area (Å²) in [6, 6.07) is 13.5. The van der Waals surface area contributed by atoms with Crippen molar-refractivity contribution in [1.29, 1.82) is 0 Å². The van der Waals surface area contributed by atoms with E-state index in [9.17, 15) is 13.2 Å². The average molecular weight is 433 g/mol. The van der Waals surface area contributed by atoms with Gasteiger partial charge < -0.3 is 19.7 Å². The first kappa shape index (κ1) is 20.6. The molecule has 30 heavy (non-hydrogen) atoms. The Morgan fingerprint density at radius 3 is 2.63 bits per heavy atom. The Hall–Kier alpha value is -2.62. The number of rotatable bonds is 5. The van der Waals surface area contributed by atoms with Crippen LogP contribution < -0.4 is 19.7 Å². The molecule has 0 saturated carbocycles. The molecule has 0 bridgehead atoms. The monoisotopic (exact) mass is 432 g/mol. The maximum absolute atomic E-state index is 12.9. The van der Waals surface area contributed by atoms with Gasteiger partial charge in [-0.1, -0.05) is 18.2 Å². The van der Waals surface area contributed by atoms with E-state index in [1.165, 1.54) is 21.3 Å². The van der Waals surface area contributed by atoms with E-state index in [0.717, 1.165) is 13.1 Å². The van der Waals surface area contributed by atoms with E-state index in [2.05, 4.69) is 12.4 Å². The first-order chi connectivity index (χ1) is 14.4. The third kappa shape index (κ3) is 4.43. The van der Waals surface area contributed by atoms with Gasteiger partial charge in [-0.05, 0) is 30.3 Å². The van der Waals surface area contributed by atoms with Gasteiger partial charge in [-0.3, -0.25) is 4.79 Å². The average Bonchev–Trinajstić information content (AvgIpc) is 2.77. The van der Waals surface area contributed by atoms with Crippen LogP contribution in [0, 0.1) is 0 Å². The summed E-state index contributed by atoms with van der Waals surface area (Å²) in [7, 11) is -1.56. The number of amides is 1. The zero-order valence-electron chi connectivity index (χ0n) is 16.8. The molecule has 9 heteroatoms. The lowest BCUT2D eigenvalue weighted by molar-refractivity contribution is -0.883. The van der Waals surface area contributed by atoms with Crippen molar-refractivity contribution in [2.45, 2.75) is 11.0 Å². The normalized spacial score (nSPS) is 20.0. The molecule has 2 N–H and O–H groups in total. The molecule has 4 rings (SSSR count). The topological polar surface area (TPSA) is 89.4 Å². The summed E-state index contributed by atoms with van der Waals surface area (Å²) in [5.74, 6) is 0.978. The highest BCUT2D eigenvalue weighted by molar-refractivity contribution is 7.89. The van der Waals surface area contributed by atoms with Gasteiger partial charge in [0.25, 0.3) is 5.91 Å². The van der Waals surface area contributed by atoms with Gasteiger partial charge in [0, 0.05) is 5.56 Å². The number of benzene rings is 2. The molecule has 0 unspecified atom stereocenters. The number of para-hydroxylation sites is 2. The van der Waals surface area contributed by atoms with Crippen molar-refractivity contribution in [3.63, 3.8) is 0 Å². The van der Waals surface area contributed by atoms with Crippen LogP contribution in [-0.2, 0) is 10.0 Å². The van der Waals surface area contributed by atoms with Crippen LogP contribution in [0.3, 0.4) is 0 Å². The van der Waals surface area contributed by atoms with Gasteiger partial charge in [-0.25, -0.2) is 8.42 Å². The van der Waals surface area contributed by atoms with Gasteiger partial charge in [0.15, 0.2) is 11.5 Å². The number of hydrogen-bond acceptors (Lipinski definition) is 5. The van der Waals surface area contributed by atoms with Crippen LogP contribution in [0.15, 0.2) is 53.4 Å². The molecule has 2 aromatic rings. The molecule has 1 atom stereocenters. The molecule has 1 fully saturated rings. The van der Waals surface area contributed by atoms with E-state index >= 15 is 0 Å². The van der Waals surface area contributed by atoms with Crippen molar-refractivity contribution in [2.75, 3.05) is 46.4 Å². The second kappa shape index (κ2) is 8.63. The largest absolute Gasteiger partial charge is 0.486 e. The Morgan fingerprint density at radius 1 is 1.13 bits per heavy atom. The van der Waals surface area contributed by atoms with Crippen molar-refractivity contribution in [1.82, 2.24) is 9.62 Å². The van der Waals surface area contributed by atoms with Crippen LogP contribution in [0.4, 0.5) is 0 Å². The van der Waals surface area contributed by atoms with Gasteiger partial charge in [-0.15, -0.1) is 0 Å². The van der Waals surface area contributed by atoms with Crippen molar-refractivity contribution < 1.29 is 27.6 Å². The minimum atomic E-state index is -3.62. The standard InChI is InChI=1S/C21H25N3O5S/c1-23-9-11-24(12-10-23)30(26,27)18-6-4-5-16(13-18)21(25)22-14-17-15-28-19-7-2-3-8-20(19)29-17/h2-8,13,17H,9-12,14-15H2,1H3,(H,22,25)/p+1/t17-/m0/s1. The third-order valence-corrected chi connectivity index (χ3v) is 7.26. The van der Waals surface area contributed by atoms with E-state index in [4.69, 9.17) is 9.47 Å². The first-order valence-electron chi connectivity index (χ1n) is 10.0. The maximum atomic E-state index is 12.9. The van der Waals surface area contributed by atoms with Crippen LogP contribution in [0.5, 0.6) is 11.5 Å². The summed E-state index contributed by atoms with van der Waals surface area (Å²) in [6.45, 7) is 3.08. The number of ether oxygens (including phenoxy) is 2. The SMILES string of the molecule is C[NH+]1CCN(S(=O)(=O)c2cccc(C(=O)NC[C@H]3COc4ccccc4O3)c2)CC1. The van der Waals surface area contributed by atoms with Crippen LogP contribution in [0.25, 0.3) is 0 Å². The summed E-state index contributed by atoms with van der Waals surface area (Å²) in [4.78, 5) is 14.1. The summed E-state index contributed by atoms with van der Waals surface area (Å²) < 4.78 is 38.9. The molecule has 2 heterocycles. The number of carbonyl (C=O) groups is 1. The van der Waals surface area contributed by atoms with E-state index in [1.807, 2.05) is 24.3 Å². The number of carbonyl (C=O) groups excluding carboxylic acids is 1. The third-order valence-electron chi connectivity index (χ3n) is 5.37. The maximum Gasteiger partial charge on any atom is 0.251 e. The highest BCUT2D eigenvalue weighted by Crippen LogP contribution is 2.30. The van der Waals surface area contributed by atoms with Gasteiger partial charge in [0.05, 0.1) is 44.7 Å². The molecule has 1 amide bonds. The van der Waals surface area contributed by atoms with Crippen molar-refractivity contribution in [3.8, 4) is 11.5 Å². The fourth-order valence-corrected chi connectivity index (χ4v) is 5.02. The number of nitrogens with zero attached hydrogens (tertiary/aromatic N) is 1. The van der Waals surface area contributed by atoms with Gasteiger partial charge in [0.2, 0.25) is 10.0 Å². The summed E-state index contributed by atoms with van der Waals surface area (Å²) in [6.07, 6.45) is -0.316. The van der Waals surface area contributed by atoms with Gasteiger partial charge >= 0.3 is 0 Å². The van der Waals surface area contributed by atoms with Gasteiger partial charge in [-0.2, -0.15) is 4.31 Å². The smallest absolute Gasteiger partial charge is 0.251 e. The van der Waals surface area contributed by atoms with Crippen LogP contribution in [-0.4, -0.2) is 71.1 Å². The molecule has 8 nitrogen and oxygen atoms in total. The number of piperazine rings is 1. The lowest BCUT2D eigenvalue weighted by atomic mass is 10.2. The molecule has 0 aromatic heterocycles. The summed E-state index contributed by atoms with van der Waals surface area (Å²) in [5, 5.41) is 2.81. The quantitative estimate of drug-likeness (QED) is 0.682. The lowest BCUT2D eigenvalue weighted by Gasteiger charge is -2.29. The van der Waals surface area contributed by atoms with Crippen LogP contribution >= 0.6 is 0 Å². The Balaban J connectivity index is 1.39. The minimum absolute atomic E-state index is 0.140. The number of sulfonamides is 1. The Bertz CT molecular complexity index is 1020. The Labute approximate surface area is 176 Å². The van der Waals surface area contributed by atoms with Crippen LogP contribution in [0.2, 0.25) is 0 Å². The summed E-state index contributed by atoms with van der Waals surface area (Å²) in [5.41, 5.74) is 0.299. The molecule has 1 saturated heterocycles. The predicted molar refractivity (Wildman–Crippen MR) is 111 cm³/mol. The number of fused-ring (bicyclic) bond motifs is 1.